The van der Waals surface area contributed by atoms with Crippen molar-refractivity contribution in [3.05, 3.63) is 48.0 Å². The van der Waals surface area contributed by atoms with E-state index in [1.54, 1.807) is 0 Å². The maximum absolute atomic E-state index is 12.2. The van der Waals surface area contributed by atoms with E-state index >= 15 is 0 Å². The molecule has 0 aromatic heterocycles. The highest BCUT2D eigenvalue weighted by Crippen LogP contribution is 2.35. The van der Waals surface area contributed by atoms with Crippen molar-refractivity contribution in [1.82, 2.24) is 5.32 Å². The van der Waals surface area contributed by atoms with Crippen LogP contribution in [-0.2, 0) is 20.7 Å². The molecule has 1 aliphatic carbocycles. The lowest BCUT2D eigenvalue weighted by Crippen LogP contribution is -2.36. The molecular formula is C25H37NO5. The lowest BCUT2D eigenvalue weighted by molar-refractivity contribution is -0.147. The SMILES string of the molecule is CC(C)OC(=O)CCC/C=C\C[C@@H]1[C@@H](CNC(=O)CCc2ccccc2)[C@H](O)C[C@@H]1O. The van der Waals surface area contributed by atoms with Gasteiger partial charge in [-0.3, -0.25) is 9.59 Å². The Morgan fingerprint density at radius 1 is 1.10 bits per heavy atom. The number of esters is 1. The largest absolute Gasteiger partial charge is 0.463 e. The maximum Gasteiger partial charge on any atom is 0.306 e. The lowest BCUT2D eigenvalue weighted by Gasteiger charge is -2.23. The number of aliphatic hydroxyl groups excluding tert-OH is 2. The summed E-state index contributed by atoms with van der Waals surface area (Å²) < 4.78 is 5.11. The molecule has 0 radical (unpaired) electrons. The fraction of sp³-hybridized carbons (Fsp3) is 0.600. The van der Waals surface area contributed by atoms with Crippen LogP contribution in [0.25, 0.3) is 0 Å². The van der Waals surface area contributed by atoms with E-state index in [0.717, 1.165) is 18.4 Å². The van der Waals surface area contributed by atoms with Crippen molar-refractivity contribution in [2.75, 3.05) is 6.54 Å². The van der Waals surface area contributed by atoms with Crippen molar-refractivity contribution in [2.45, 2.75) is 77.1 Å². The minimum Gasteiger partial charge on any atom is -0.463 e. The van der Waals surface area contributed by atoms with E-state index in [1.807, 2.05) is 56.3 Å². The van der Waals surface area contributed by atoms with Gasteiger partial charge in [0.15, 0.2) is 0 Å². The van der Waals surface area contributed by atoms with E-state index in [2.05, 4.69) is 5.32 Å². The highest BCUT2D eigenvalue weighted by molar-refractivity contribution is 5.76. The zero-order chi connectivity index (χ0) is 22.6. The molecule has 6 nitrogen and oxygen atoms in total. The van der Waals surface area contributed by atoms with Crippen LogP contribution in [-0.4, -0.2) is 46.9 Å². The van der Waals surface area contributed by atoms with Crippen LogP contribution in [0.2, 0.25) is 0 Å². The average Bonchev–Trinajstić information content (AvgIpc) is 3.00. The van der Waals surface area contributed by atoms with Gasteiger partial charge in [-0.25, -0.2) is 0 Å². The van der Waals surface area contributed by atoms with Crippen molar-refractivity contribution in [2.24, 2.45) is 11.8 Å². The van der Waals surface area contributed by atoms with Gasteiger partial charge in [-0.05, 0) is 57.4 Å². The molecule has 1 saturated carbocycles. The van der Waals surface area contributed by atoms with Crippen LogP contribution in [0.3, 0.4) is 0 Å². The summed E-state index contributed by atoms with van der Waals surface area (Å²) in [6.45, 7) is 4.04. The monoisotopic (exact) mass is 431 g/mol. The molecule has 2 rings (SSSR count). The Kier molecular flexibility index (Phi) is 10.7. The van der Waals surface area contributed by atoms with E-state index < -0.39 is 12.2 Å². The maximum atomic E-state index is 12.2. The molecule has 172 valence electrons. The Morgan fingerprint density at radius 3 is 2.52 bits per heavy atom. The predicted octanol–water partition coefficient (Wildman–Crippen LogP) is 3.16. The number of allylic oxidation sites excluding steroid dienone is 2. The second-order valence-corrected chi connectivity index (χ2v) is 8.63. The van der Waals surface area contributed by atoms with Gasteiger partial charge in [-0.1, -0.05) is 42.5 Å². The van der Waals surface area contributed by atoms with E-state index in [1.165, 1.54) is 0 Å². The second kappa shape index (κ2) is 13.3. The number of rotatable bonds is 12. The van der Waals surface area contributed by atoms with Crippen molar-refractivity contribution >= 4 is 11.9 Å². The Morgan fingerprint density at radius 2 is 1.81 bits per heavy atom. The van der Waals surface area contributed by atoms with Crippen molar-refractivity contribution < 1.29 is 24.5 Å². The van der Waals surface area contributed by atoms with Gasteiger partial charge in [0, 0.05) is 25.3 Å². The first-order valence-electron chi connectivity index (χ1n) is 11.4. The number of hydrogen-bond donors (Lipinski definition) is 3. The van der Waals surface area contributed by atoms with Crippen LogP contribution >= 0.6 is 0 Å². The van der Waals surface area contributed by atoms with Gasteiger partial charge < -0.3 is 20.3 Å². The molecule has 1 aliphatic rings. The Balaban J connectivity index is 1.71. The first-order valence-corrected chi connectivity index (χ1v) is 11.4. The highest BCUT2D eigenvalue weighted by atomic mass is 16.5. The van der Waals surface area contributed by atoms with E-state index in [4.69, 9.17) is 4.74 Å². The molecule has 1 fully saturated rings. The Bertz CT molecular complexity index is 703. The van der Waals surface area contributed by atoms with Gasteiger partial charge >= 0.3 is 5.97 Å². The number of unbranched alkanes of at least 4 members (excludes halogenated alkanes) is 1. The van der Waals surface area contributed by atoms with E-state index in [0.29, 0.717) is 38.6 Å². The van der Waals surface area contributed by atoms with Crippen LogP contribution in [0, 0.1) is 11.8 Å². The van der Waals surface area contributed by atoms with E-state index in [-0.39, 0.29) is 29.8 Å². The van der Waals surface area contributed by atoms with Crippen molar-refractivity contribution in [3.63, 3.8) is 0 Å². The number of amides is 1. The molecule has 0 bridgehead atoms. The summed E-state index contributed by atoms with van der Waals surface area (Å²) in [6.07, 6.45) is 6.67. The normalized spacial score (nSPS) is 23.4. The topological polar surface area (TPSA) is 95.9 Å². The predicted molar refractivity (Wildman–Crippen MR) is 120 cm³/mol. The minimum absolute atomic E-state index is 0.0416. The Hall–Kier alpha value is -2.18. The molecule has 4 atom stereocenters. The van der Waals surface area contributed by atoms with Crippen LogP contribution in [0.4, 0.5) is 0 Å². The fourth-order valence-corrected chi connectivity index (χ4v) is 4.07. The van der Waals surface area contributed by atoms with Crippen molar-refractivity contribution in [3.8, 4) is 0 Å². The third kappa shape index (κ3) is 9.23. The first-order chi connectivity index (χ1) is 14.9. The van der Waals surface area contributed by atoms with Crippen LogP contribution < -0.4 is 5.32 Å². The third-order valence-electron chi connectivity index (χ3n) is 5.73. The van der Waals surface area contributed by atoms with Crippen LogP contribution in [0.15, 0.2) is 42.5 Å². The number of aliphatic hydroxyl groups is 2. The number of benzene rings is 1. The molecule has 0 spiro atoms. The molecule has 0 aliphatic heterocycles. The molecule has 0 saturated heterocycles. The minimum atomic E-state index is -0.617. The van der Waals surface area contributed by atoms with Crippen molar-refractivity contribution in [1.29, 1.82) is 0 Å². The molecule has 1 aromatic rings. The van der Waals surface area contributed by atoms with Gasteiger partial charge in [-0.15, -0.1) is 0 Å². The van der Waals surface area contributed by atoms with Crippen LogP contribution in [0.5, 0.6) is 0 Å². The van der Waals surface area contributed by atoms with Gasteiger partial charge in [0.05, 0.1) is 18.3 Å². The number of nitrogens with one attached hydrogen (secondary N) is 1. The van der Waals surface area contributed by atoms with E-state index in [9.17, 15) is 19.8 Å². The summed E-state index contributed by atoms with van der Waals surface area (Å²) in [5.41, 5.74) is 1.12. The lowest BCUT2D eigenvalue weighted by atomic mass is 9.90. The number of aryl methyl sites for hydroxylation is 1. The summed E-state index contributed by atoms with van der Waals surface area (Å²) in [7, 11) is 0. The summed E-state index contributed by atoms with van der Waals surface area (Å²) in [4.78, 5) is 23.7. The molecular weight excluding hydrogens is 394 g/mol. The van der Waals surface area contributed by atoms with Crippen LogP contribution in [0.1, 0.15) is 57.9 Å². The summed E-state index contributed by atoms with van der Waals surface area (Å²) in [5, 5.41) is 23.6. The molecule has 1 aromatic carbocycles. The quantitative estimate of drug-likeness (QED) is 0.268. The third-order valence-corrected chi connectivity index (χ3v) is 5.73. The smallest absolute Gasteiger partial charge is 0.306 e. The first kappa shape index (κ1) is 25.1. The van der Waals surface area contributed by atoms with Gasteiger partial charge in [-0.2, -0.15) is 0 Å². The standard InChI is InChI=1S/C25H37NO5/c1-18(2)31-25(30)13-9-4-3-8-12-20-21(23(28)16-22(20)27)17-26-24(29)15-14-19-10-6-5-7-11-19/h3,5-8,10-11,18,20-23,27-28H,4,9,12-17H2,1-2H3,(H,26,29)/b8-3-/t20-,21-,22+,23-/m1/s1. The number of hydrogen-bond acceptors (Lipinski definition) is 5. The van der Waals surface area contributed by atoms with Gasteiger partial charge in [0.1, 0.15) is 0 Å². The zero-order valence-corrected chi connectivity index (χ0v) is 18.7. The molecule has 3 N–H and O–H groups in total. The van der Waals surface area contributed by atoms with Gasteiger partial charge in [0.2, 0.25) is 5.91 Å². The fourth-order valence-electron chi connectivity index (χ4n) is 4.07. The van der Waals surface area contributed by atoms with Gasteiger partial charge in [0.25, 0.3) is 0 Å². The molecule has 0 heterocycles. The summed E-state index contributed by atoms with van der Waals surface area (Å²) in [6, 6.07) is 9.86. The average molecular weight is 432 g/mol. The summed E-state index contributed by atoms with van der Waals surface area (Å²) in [5.74, 6) is -0.478. The molecule has 31 heavy (non-hydrogen) atoms. The molecule has 0 unspecified atom stereocenters. The Labute approximate surface area is 185 Å². The number of ether oxygens (including phenoxy) is 1. The summed E-state index contributed by atoms with van der Waals surface area (Å²) >= 11 is 0. The molecule has 1 amide bonds. The number of carbonyl (C=O) groups excluding carboxylic acids is 2. The number of carbonyl (C=O) groups is 2. The molecule has 6 heteroatoms. The highest BCUT2D eigenvalue weighted by Gasteiger charge is 2.40. The second-order valence-electron chi connectivity index (χ2n) is 8.63. The zero-order valence-electron chi connectivity index (χ0n) is 18.7.